The van der Waals surface area contributed by atoms with Crippen LogP contribution < -0.4 is 5.73 Å². The van der Waals surface area contributed by atoms with E-state index in [1.165, 1.54) is 32.1 Å². The Morgan fingerprint density at radius 3 is 2.73 bits per heavy atom. The third-order valence-corrected chi connectivity index (χ3v) is 2.73. The van der Waals surface area contributed by atoms with Crippen molar-refractivity contribution in [1.82, 2.24) is 4.98 Å². The summed E-state index contributed by atoms with van der Waals surface area (Å²) < 4.78 is 0. The van der Waals surface area contributed by atoms with Crippen LogP contribution in [0.25, 0.3) is 0 Å². The number of rotatable bonds is 7. The van der Waals surface area contributed by atoms with E-state index in [2.05, 4.69) is 18.0 Å². The summed E-state index contributed by atoms with van der Waals surface area (Å²) in [7, 11) is 0. The first kappa shape index (κ1) is 12.2. The van der Waals surface area contributed by atoms with Gasteiger partial charge in [0, 0.05) is 18.4 Å². The van der Waals surface area contributed by atoms with Gasteiger partial charge in [0.05, 0.1) is 0 Å². The molecule has 1 aromatic rings. The summed E-state index contributed by atoms with van der Waals surface area (Å²) in [4.78, 5) is 4.08. The van der Waals surface area contributed by atoms with Crippen molar-refractivity contribution in [3.63, 3.8) is 0 Å². The van der Waals surface area contributed by atoms with Gasteiger partial charge in [0.25, 0.3) is 0 Å². The van der Waals surface area contributed by atoms with E-state index >= 15 is 0 Å². The molecule has 0 aliphatic rings. The van der Waals surface area contributed by atoms with Crippen LogP contribution in [0.3, 0.4) is 0 Å². The molecule has 1 aromatic heterocycles. The highest BCUT2D eigenvalue weighted by molar-refractivity contribution is 5.12. The fraction of sp³-hybridized carbons (Fsp3) is 0.615. The van der Waals surface area contributed by atoms with Gasteiger partial charge in [-0.15, -0.1) is 0 Å². The Labute approximate surface area is 92.9 Å². The monoisotopic (exact) mass is 206 g/mol. The van der Waals surface area contributed by atoms with Crippen molar-refractivity contribution < 1.29 is 0 Å². The highest BCUT2D eigenvalue weighted by Gasteiger charge is 2.04. The van der Waals surface area contributed by atoms with Crippen LogP contribution in [0.5, 0.6) is 0 Å². The first-order chi connectivity index (χ1) is 7.34. The molecule has 0 unspecified atom stereocenters. The molecule has 2 N–H and O–H groups in total. The molecule has 0 aromatic carbocycles. The van der Waals surface area contributed by atoms with Crippen molar-refractivity contribution in [2.75, 3.05) is 0 Å². The quantitative estimate of drug-likeness (QED) is 0.694. The van der Waals surface area contributed by atoms with Crippen LogP contribution in [0, 0.1) is 0 Å². The number of unbranched alkanes of at least 4 members (excludes halogenated alkanes) is 4. The number of pyridine rings is 1. The molecule has 0 aliphatic heterocycles. The molecule has 2 heteroatoms. The van der Waals surface area contributed by atoms with Crippen LogP contribution in [0.2, 0.25) is 0 Å². The molecular formula is C13H22N2. The van der Waals surface area contributed by atoms with Crippen molar-refractivity contribution in [2.24, 2.45) is 5.73 Å². The number of nitrogens with zero attached hydrogens (tertiary/aromatic N) is 1. The highest BCUT2D eigenvalue weighted by Crippen LogP contribution is 2.16. The van der Waals surface area contributed by atoms with Gasteiger partial charge in [-0.3, -0.25) is 4.98 Å². The van der Waals surface area contributed by atoms with E-state index in [0.29, 0.717) is 0 Å². The Morgan fingerprint density at radius 2 is 2.07 bits per heavy atom. The maximum absolute atomic E-state index is 6.07. The van der Waals surface area contributed by atoms with Crippen LogP contribution in [0.1, 0.15) is 57.1 Å². The molecule has 1 heterocycles. The Kier molecular flexibility index (Phi) is 6.02. The summed E-state index contributed by atoms with van der Waals surface area (Å²) in [6.07, 6.45) is 11.3. The third kappa shape index (κ3) is 4.93. The SMILES string of the molecule is CCCCCCC[C@H](N)c1cccnc1. The summed E-state index contributed by atoms with van der Waals surface area (Å²) in [6.45, 7) is 2.24. The minimum atomic E-state index is 0.167. The van der Waals surface area contributed by atoms with Crippen LogP contribution in [-0.4, -0.2) is 4.98 Å². The zero-order chi connectivity index (χ0) is 10.9. The van der Waals surface area contributed by atoms with Gasteiger partial charge in [0.2, 0.25) is 0 Å². The number of hydrogen-bond acceptors (Lipinski definition) is 2. The molecule has 1 rings (SSSR count). The van der Waals surface area contributed by atoms with Crippen LogP contribution in [-0.2, 0) is 0 Å². The molecule has 0 spiro atoms. The third-order valence-electron chi connectivity index (χ3n) is 2.73. The van der Waals surface area contributed by atoms with Gasteiger partial charge in [-0.2, -0.15) is 0 Å². The second-order valence-corrected chi connectivity index (χ2v) is 4.10. The minimum Gasteiger partial charge on any atom is -0.324 e. The molecule has 0 radical (unpaired) electrons. The maximum atomic E-state index is 6.07. The predicted molar refractivity (Wildman–Crippen MR) is 64.5 cm³/mol. The lowest BCUT2D eigenvalue weighted by Crippen LogP contribution is -2.10. The van der Waals surface area contributed by atoms with E-state index in [9.17, 15) is 0 Å². The average Bonchev–Trinajstić information content (AvgIpc) is 2.30. The van der Waals surface area contributed by atoms with Gasteiger partial charge in [-0.1, -0.05) is 45.1 Å². The summed E-state index contributed by atoms with van der Waals surface area (Å²) in [5.41, 5.74) is 7.23. The second-order valence-electron chi connectivity index (χ2n) is 4.10. The van der Waals surface area contributed by atoms with Crippen molar-refractivity contribution in [3.05, 3.63) is 30.1 Å². The molecule has 1 atom stereocenters. The second kappa shape index (κ2) is 7.41. The average molecular weight is 206 g/mol. The molecular weight excluding hydrogens is 184 g/mol. The molecule has 0 aliphatic carbocycles. The number of hydrogen-bond donors (Lipinski definition) is 1. The van der Waals surface area contributed by atoms with E-state index in [1.54, 1.807) is 6.20 Å². The van der Waals surface area contributed by atoms with E-state index in [4.69, 9.17) is 5.73 Å². The van der Waals surface area contributed by atoms with Gasteiger partial charge < -0.3 is 5.73 Å². The molecule has 2 nitrogen and oxygen atoms in total. The topological polar surface area (TPSA) is 38.9 Å². The summed E-state index contributed by atoms with van der Waals surface area (Å²) in [5, 5.41) is 0. The van der Waals surface area contributed by atoms with Crippen LogP contribution in [0.4, 0.5) is 0 Å². The van der Waals surface area contributed by atoms with Gasteiger partial charge >= 0.3 is 0 Å². The van der Waals surface area contributed by atoms with Gasteiger partial charge in [-0.25, -0.2) is 0 Å². The fourth-order valence-corrected chi connectivity index (χ4v) is 1.73. The molecule has 84 valence electrons. The zero-order valence-electron chi connectivity index (χ0n) is 9.65. The summed E-state index contributed by atoms with van der Waals surface area (Å²) >= 11 is 0. The van der Waals surface area contributed by atoms with Crippen molar-refractivity contribution in [1.29, 1.82) is 0 Å². The normalized spacial score (nSPS) is 12.7. The molecule has 15 heavy (non-hydrogen) atoms. The van der Waals surface area contributed by atoms with E-state index in [1.807, 2.05) is 12.3 Å². The minimum absolute atomic E-state index is 0.167. The van der Waals surface area contributed by atoms with Gasteiger partial charge in [-0.05, 0) is 18.1 Å². The van der Waals surface area contributed by atoms with Crippen molar-refractivity contribution in [2.45, 2.75) is 51.5 Å². The van der Waals surface area contributed by atoms with E-state index in [0.717, 1.165) is 12.0 Å². The Balaban J connectivity index is 2.16. The van der Waals surface area contributed by atoms with Crippen LogP contribution >= 0.6 is 0 Å². The number of nitrogens with two attached hydrogens (primary N) is 1. The molecule has 0 bridgehead atoms. The Hall–Kier alpha value is -0.890. The summed E-state index contributed by atoms with van der Waals surface area (Å²) in [5.74, 6) is 0. The maximum Gasteiger partial charge on any atom is 0.0315 e. The largest absolute Gasteiger partial charge is 0.324 e. The summed E-state index contributed by atoms with van der Waals surface area (Å²) in [6, 6.07) is 4.18. The van der Waals surface area contributed by atoms with Gasteiger partial charge in [0.1, 0.15) is 0 Å². The lowest BCUT2D eigenvalue weighted by atomic mass is 10.0. The number of aromatic nitrogens is 1. The van der Waals surface area contributed by atoms with Crippen molar-refractivity contribution in [3.8, 4) is 0 Å². The fourth-order valence-electron chi connectivity index (χ4n) is 1.73. The lowest BCUT2D eigenvalue weighted by Gasteiger charge is -2.10. The smallest absolute Gasteiger partial charge is 0.0315 e. The molecule has 0 fully saturated rings. The first-order valence-electron chi connectivity index (χ1n) is 6.00. The lowest BCUT2D eigenvalue weighted by molar-refractivity contribution is 0.554. The standard InChI is InChI=1S/C13H22N2/c1-2-3-4-5-6-9-13(14)12-8-7-10-15-11-12/h7-8,10-11,13H,2-6,9,14H2,1H3/t13-/m0/s1. The Morgan fingerprint density at radius 1 is 1.27 bits per heavy atom. The molecule has 0 saturated heterocycles. The molecule has 0 saturated carbocycles. The zero-order valence-corrected chi connectivity index (χ0v) is 9.65. The van der Waals surface area contributed by atoms with Crippen molar-refractivity contribution >= 4 is 0 Å². The molecule has 0 amide bonds. The highest BCUT2D eigenvalue weighted by atomic mass is 14.7. The predicted octanol–water partition coefficient (Wildman–Crippen LogP) is 3.44. The van der Waals surface area contributed by atoms with Crippen LogP contribution in [0.15, 0.2) is 24.5 Å². The van der Waals surface area contributed by atoms with E-state index in [-0.39, 0.29) is 6.04 Å². The van der Waals surface area contributed by atoms with Gasteiger partial charge in [0.15, 0.2) is 0 Å². The van der Waals surface area contributed by atoms with E-state index < -0.39 is 0 Å². The Bertz CT molecular complexity index is 246. The first-order valence-corrected chi connectivity index (χ1v) is 6.00.